The SMILES string of the molecule is O=c1oc2ccccc2[c-]c1-c1[c-]cccc1.[Ir+3].[c-]1ccccc1-c1ccccn1. The molecule has 3 nitrogen and oxygen atoms in total. The van der Waals surface area contributed by atoms with Gasteiger partial charge in [-0.25, -0.2) is 5.56 Å². The van der Waals surface area contributed by atoms with Crippen LogP contribution in [0.5, 0.6) is 0 Å². The fraction of sp³-hybridized carbons (Fsp3) is 0. The Morgan fingerprint density at radius 1 is 0.733 bits per heavy atom. The molecule has 0 radical (unpaired) electrons. The van der Waals surface area contributed by atoms with Gasteiger partial charge in [0.05, 0.1) is 5.58 Å². The van der Waals surface area contributed by atoms with Gasteiger partial charge in [-0.3, -0.25) is 0 Å². The molecule has 0 amide bonds. The van der Waals surface area contributed by atoms with Crippen LogP contribution in [-0.4, -0.2) is 4.98 Å². The van der Waals surface area contributed by atoms with Crippen LogP contribution < -0.4 is 5.63 Å². The molecule has 0 saturated heterocycles. The minimum atomic E-state index is -0.383. The van der Waals surface area contributed by atoms with Crippen molar-refractivity contribution in [2.45, 2.75) is 0 Å². The number of aromatic nitrogens is 1. The number of hydrogen-bond acceptors (Lipinski definition) is 3. The summed E-state index contributed by atoms with van der Waals surface area (Å²) in [6, 6.07) is 37.5. The Kier molecular flexibility index (Phi) is 7.45. The number of pyridine rings is 1. The van der Waals surface area contributed by atoms with Crippen LogP contribution in [0.15, 0.2) is 106 Å². The fourth-order valence-corrected chi connectivity index (χ4v) is 2.80. The van der Waals surface area contributed by atoms with E-state index in [-0.39, 0.29) is 25.7 Å². The summed E-state index contributed by atoms with van der Waals surface area (Å²) in [7, 11) is 0. The van der Waals surface area contributed by atoms with Gasteiger partial charge in [-0.05, 0) is 11.8 Å². The first-order valence-corrected chi connectivity index (χ1v) is 9.11. The quantitative estimate of drug-likeness (QED) is 0.206. The number of para-hydroxylation sites is 1. The van der Waals surface area contributed by atoms with Gasteiger partial charge >= 0.3 is 20.1 Å². The molecule has 2 aromatic heterocycles. The molecule has 0 aliphatic rings. The van der Waals surface area contributed by atoms with E-state index < -0.39 is 0 Å². The van der Waals surface area contributed by atoms with Gasteiger partial charge in [0.2, 0.25) is 5.63 Å². The second-order valence-electron chi connectivity index (χ2n) is 6.15. The maximum absolute atomic E-state index is 11.8. The van der Waals surface area contributed by atoms with Gasteiger partial charge in [-0.2, -0.15) is 30.3 Å². The average molecular weight is 567 g/mol. The minimum absolute atomic E-state index is 0. The molecule has 2 heterocycles. The monoisotopic (exact) mass is 567 g/mol. The Labute approximate surface area is 188 Å². The molecule has 0 aliphatic carbocycles. The van der Waals surface area contributed by atoms with Crippen molar-refractivity contribution in [2.24, 2.45) is 0 Å². The van der Waals surface area contributed by atoms with Gasteiger partial charge in [-0.15, -0.1) is 53.6 Å². The van der Waals surface area contributed by atoms with Gasteiger partial charge in [0.25, 0.3) is 0 Å². The van der Waals surface area contributed by atoms with E-state index >= 15 is 0 Å². The molecular weight excluding hydrogens is 551 g/mol. The third-order valence-corrected chi connectivity index (χ3v) is 4.18. The molecule has 0 N–H and O–H groups in total. The molecular formula is C26H16IrNO2. The Morgan fingerprint density at radius 3 is 2.07 bits per heavy atom. The maximum atomic E-state index is 11.8. The molecule has 0 spiro atoms. The van der Waals surface area contributed by atoms with Crippen molar-refractivity contribution in [3.8, 4) is 22.4 Å². The topological polar surface area (TPSA) is 43.1 Å². The number of hydrogen-bond donors (Lipinski definition) is 0. The minimum Gasteiger partial charge on any atom is -0.503 e. The van der Waals surface area contributed by atoms with E-state index in [4.69, 9.17) is 4.42 Å². The van der Waals surface area contributed by atoms with E-state index in [9.17, 15) is 4.79 Å². The fourth-order valence-electron chi connectivity index (χ4n) is 2.80. The predicted octanol–water partition coefficient (Wildman–Crippen LogP) is 5.61. The third kappa shape index (κ3) is 5.18. The van der Waals surface area contributed by atoms with E-state index in [2.05, 4.69) is 23.2 Å². The van der Waals surface area contributed by atoms with Crippen LogP contribution in [0.4, 0.5) is 0 Å². The smallest absolute Gasteiger partial charge is 0.503 e. The van der Waals surface area contributed by atoms with Crippen LogP contribution in [0, 0.1) is 18.2 Å². The van der Waals surface area contributed by atoms with Crippen LogP contribution >= 0.6 is 0 Å². The van der Waals surface area contributed by atoms with E-state index in [1.807, 2.05) is 78.9 Å². The van der Waals surface area contributed by atoms with E-state index in [1.54, 1.807) is 18.3 Å². The van der Waals surface area contributed by atoms with Crippen molar-refractivity contribution >= 4 is 11.0 Å². The van der Waals surface area contributed by atoms with E-state index in [0.29, 0.717) is 16.7 Å². The molecule has 146 valence electrons. The Hall–Kier alpha value is -3.33. The standard InChI is InChI=1S/C15H8O2.C11H8N.Ir/c16-15-13(11-6-2-1-3-7-11)10-12-8-4-5-9-14(12)17-15;1-2-6-10(7-3-1)11-8-4-5-9-12-11;/h1-6,8-9H;1-6,8-9H;/q-2;-1;+3. The zero-order valence-corrected chi connectivity index (χ0v) is 18.2. The molecule has 0 unspecified atom stereocenters. The summed E-state index contributed by atoms with van der Waals surface area (Å²) < 4.78 is 5.24. The molecule has 0 atom stereocenters. The molecule has 3 aromatic carbocycles. The second-order valence-corrected chi connectivity index (χ2v) is 6.15. The average Bonchev–Trinajstić information content (AvgIpc) is 2.81. The Morgan fingerprint density at radius 2 is 1.40 bits per heavy atom. The van der Waals surface area contributed by atoms with Crippen LogP contribution in [0.1, 0.15) is 0 Å². The number of fused-ring (bicyclic) bond motifs is 1. The molecule has 5 rings (SSSR count). The summed E-state index contributed by atoms with van der Waals surface area (Å²) in [5.74, 6) is 0. The van der Waals surface area contributed by atoms with Crippen molar-refractivity contribution < 1.29 is 24.5 Å². The van der Waals surface area contributed by atoms with Crippen molar-refractivity contribution in [1.29, 1.82) is 0 Å². The van der Waals surface area contributed by atoms with Gasteiger partial charge < -0.3 is 14.2 Å². The van der Waals surface area contributed by atoms with Gasteiger partial charge in [-0.1, -0.05) is 35.7 Å². The molecule has 0 bridgehead atoms. The zero-order valence-electron chi connectivity index (χ0n) is 15.8. The summed E-state index contributed by atoms with van der Waals surface area (Å²) in [5, 5.41) is 0.791. The normalized spacial score (nSPS) is 9.87. The molecule has 0 saturated carbocycles. The van der Waals surface area contributed by atoms with Crippen LogP contribution in [-0.2, 0) is 20.1 Å². The van der Waals surface area contributed by atoms with Crippen molar-refractivity contribution in [3.05, 3.63) is 126 Å². The molecule has 0 aliphatic heterocycles. The van der Waals surface area contributed by atoms with Gasteiger partial charge in [0, 0.05) is 6.20 Å². The maximum Gasteiger partial charge on any atom is 3.00 e. The summed E-state index contributed by atoms with van der Waals surface area (Å²) >= 11 is 0. The van der Waals surface area contributed by atoms with E-state index in [1.165, 1.54) is 0 Å². The van der Waals surface area contributed by atoms with Crippen LogP contribution in [0.25, 0.3) is 33.4 Å². The number of rotatable bonds is 2. The first kappa shape index (κ1) is 21.4. The number of benzene rings is 3. The predicted molar refractivity (Wildman–Crippen MR) is 114 cm³/mol. The Bertz CT molecular complexity index is 1220. The van der Waals surface area contributed by atoms with E-state index in [0.717, 1.165) is 16.6 Å². The summed E-state index contributed by atoms with van der Waals surface area (Å²) in [5.41, 5.74) is 3.30. The summed E-state index contributed by atoms with van der Waals surface area (Å²) in [4.78, 5) is 16.0. The van der Waals surface area contributed by atoms with Crippen molar-refractivity contribution in [1.82, 2.24) is 4.98 Å². The molecule has 4 heteroatoms. The molecule has 5 aromatic rings. The van der Waals surface area contributed by atoms with Crippen molar-refractivity contribution in [3.63, 3.8) is 0 Å². The largest absolute Gasteiger partial charge is 3.00 e. The Balaban J connectivity index is 0.000000175. The van der Waals surface area contributed by atoms with Gasteiger partial charge in [0.1, 0.15) is 0 Å². The first-order chi connectivity index (χ1) is 14.3. The third-order valence-electron chi connectivity index (χ3n) is 4.18. The zero-order chi connectivity index (χ0) is 19.9. The molecule has 30 heavy (non-hydrogen) atoms. The van der Waals surface area contributed by atoms with Crippen LogP contribution in [0.3, 0.4) is 0 Å². The van der Waals surface area contributed by atoms with Crippen molar-refractivity contribution in [2.75, 3.05) is 0 Å². The summed E-state index contributed by atoms with van der Waals surface area (Å²) in [6.07, 6.45) is 1.79. The van der Waals surface area contributed by atoms with Crippen LogP contribution in [0.2, 0.25) is 0 Å². The molecule has 0 fully saturated rings. The summed E-state index contributed by atoms with van der Waals surface area (Å²) in [6.45, 7) is 0. The first-order valence-electron chi connectivity index (χ1n) is 9.11. The second kappa shape index (κ2) is 10.4. The number of nitrogens with zero attached hydrogens (tertiary/aromatic N) is 1. The van der Waals surface area contributed by atoms with Gasteiger partial charge in [0.15, 0.2) is 0 Å².